The number of para-hydroxylation sites is 1. The van der Waals surface area contributed by atoms with Crippen LogP contribution in [-0.2, 0) is 0 Å². The highest BCUT2D eigenvalue weighted by molar-refractivity contribution is 7.27. The molecule has 0 radical (unpaired) electrons. The second kappa shape index (κ2) is 9.67. The van der Waals surface area contributed by atoms with Crippen molar-refractivity contribution >= 4 is 96.7 Å². The summed E-state index contributed by atoms with van der Waals surface area (Å²) in [6.07, 6.45) is 3.80. The van der Waals surface area contributed by atoms with Crippen LogP contribution in [0.2, 0.25) is 0 Å². The zero-order valence-corrected chi connectivity index (χ0v) is 26.4. The molecule has 11 aromatic rings. The van der Waals surface area contributed by atoms with E-state index in [1.165, 1.54) is 47.2 Å². The molecule has 0 amide bonds. The SMILES string of the molecule is c1ccc(-c2nc3c4ccccc4c4ccncc4c3nc2-n2c3ccccc3c3c4ccccc4c4c5ccccc5sc4c32)cc1. The number of hydrogen-bond acceptors (Lipinski definition) is 4. The van der Waals surface area contributed by atoms with Crippen LogP contribution in [0.1, 0.15) is 0 Å². The van der Waals surface area contributed by atoms with Crippen molar-refractivity contribution in [3.63, 3.8) is 0 Å². The summed E-state index contributed by atoms with van der Waals surface area (Å²) in [6, 6.07) is 47.5. The van der Waals surface area contributed by atoms with E-state index >= 15 is 0 Å². The molecule has 4 aromatic heterocycles. The third-order valence-electron chi connectivity index (χ3n) is 9.84. The van der Waals surface area contributed by atoms with Crippen molar-refractivity contribution in [3.05, 3.63) is 146 Å². The Hall–Kier alpha value is -6.17. The first-order chi connectivity index (χ1) is 23.8. The summed E-state index contributed by atoms with van der Waals surface area (Å²) in [7, 11) is 0. The van der Waals surface area contributed by atoms with Crippen LogP contribution in [0.3, 0.4) is 0 Å². The van der Waals surface area contributed by atoms with Crippen LogP contribution in [0, 0.1) is 0 Å². The molecule has 0 spiro atoms. The van der Waals surface area contributed by atoms with E-state index in [0.29, 0.717) is 0 Å². The van der Waals surface area contributed by atoms with E-state index in [1.54, 1.807) is 0 Å². The van der Waals surface area contributed by atoms with Gasteiger partial charge >= 0.3 is 0 Å². The van der Waals surface area contributed by atoms with Crippen LogP contribution in [0.15, 0.2) is 146 Å². The number of nitrogens with zero attached hydrogens (tertiary/aromatic N) is 4. The summed E-state index contributed by atoms with van der Waals surface area (Å²) in [4.78, 5) is 15.8. The molecule has 7 aromatic carbocycles. The molecular weight excluding hydrogens is 605 g/mol. The predicted octanol–water partition coefficient (Wildman–Crippen LogP) is 11.6. The van der Waals surface area contributed by atoms with Crippen molar-refractivity contribution in [3.8, 4) is 17.1 Å². The maximum Gasteiger partial charge on any atom is 0.165 e. The highest BCUT2D eigenvalue weighted by Crippen LogP contribution is 2.48. The minimum atomic E-state index is 0.814. The summed E-state index contributed by atoms with van der Waals surface area (Å²) in [5.74, 6) is 0.814. The maximum absolute atomic E-state index is 5.68. The van der Waals surface area contributed by atoms with Crippen molar-refractivity contribution in [2.24, 2.45) is 0 Å². The molecular formula is C43H24N4S. The molecule has 5 heteroatoms. The molecule has 0 N–H and O–H groups in total. The molecule has 0 unspecified atom stereocenters. The summed E-state index contributed by atoms with van der Waals surface area (Å²) in [5.41, 5.74) is 5.88. The van der Waals surface area contributed by atoms with Gasteiger partial charge in [0.05, 0.1) is 21.3 Å². The molecule has 0 aliphatic carbocycles. The molecule has 0 fully saturated rings. The summed E-state index contributed by atoms with van der Waals surface area (Å²) in [5, 5.41) is 11.9. The Morgan fingerprint density at radius 3 is 1.94 bits per heavy atom. The van der Waals surface area contributed by atoms with E-state index in [4.69, 9.17) is 9.97 Å². The number of fused-ring (bicyclic) bond motifs is 16. The molecule has 48 heavy (non-hydrogen) atoms. The Kier molecular flexibility index (Phi) is 5.23. The minimum Gasteiger partial charge on any atom is -0.290 e. The first-order valence-corrected chi connectivity index (χ1v) is 16.9. The third kappa shape index (κ3) is 3.40. The number of thiophene rings is 1. The molecule has 4 heterocycles. The lowest BCUT2D eigenvalue weighted by molar-refractivity contribution is 1.09. The van der Waals surface area contributed by atoms with Gasteiger partial charge < -0.3 is 0 Å². The second-order valence-corrected chi connectivity index (χ2v) is 13.4. The smallest absolute Gasteiger partial charge is 0.165 e. The largest absolute Gasteiger partial charge is 0.290 e. The van der Waals surface area contributed by atoms with Crippen LogP contribution < -0.4 is 0 Å². The zero-order valence-electron chi connectivity index (χ0n) is 25.6. The van der Waals surface area contributed by atoms with E-state index < -0.39 is 0 Å². The van der Waals surface area contributed by atoms with Gasteiger partial charge in [-0.15, -0.1) is 11.3 Å². The first-order valence-electron chi connectivity index (χ1n) is 16.1. The van der Waals surface area contributed by atoms with Gasteiger partial charge in [-0.2, -0.15) is 0 Å². The zero-order chi connectivity index (χ0) is 31.3. The van der Waals surface area contributed by atoms with Crippen LogP contribution in [0.5, 0.6) is 0 Å². The fourth-order valence-electron chi connectivity index (χ4n) is 7.84. The van der Waals surface area contributed by atoms with Gasteiger partial charge in [-0.3, -0.25) is 9.55 Å². The Morgan fingerprint density at radius 2 is 1.10 bits per heavy atom. The monoisotopic (exact) mass is 628 g/mol. The van der Waals surface area contributed by atoms with Crippen molar-refractivity contribution in [1.82, 2.24) is 19.5 Å². The van der Waals surface area contributed by atoms with Gasteiger partial charge in [-0.05, 0) is 39.7 Å². The molecule has 11 rings (SSSR count). The molecule has 0 saturated heterocycles. The number of benzene rings is 7. The standard InChI is InChI=1S/C43H24N4S/c1-2-12-25(13-3-1)38-43(46-40-33-24-44-23-22-27(33)26-14-4-7-17-30(26)39(40)45-38)47-34-20-10-8-18-31(34)36-28-15-5-6-16-29(28)37-32-19-9-11-21-35(32)48-42(37)41(36)47/h1-24H. The third-order valence-corrected chi connectivity index (χ3v) is 11.0. The Balaban J connectivity index is 1.43. The maximum atomic E-state index is 5.68. The quantitative estimate of drug-likeness (QED) is 0.179. The average molecular weight is 629 g/mol. The number of rotatable bonds is 2. The van der Waals surface area contributed by atoms with Gasteiger partial charge in [-0.1, -0.05) is 115 Å². The lowest BCUT2D eigenvalue weighted by Crippen LogP contribution is -2.04. The van der Waals surface area contributed by atoms with Crippen molar-refractivity contribution in [2.45, 2.75) is 0 Å². The fraction of sp³-hybridized carbons (Fsp3) is 0. The van der Waals surface area contributed by atoms with Gasteiger partial charge in [0.2, 0.25) is 0 Å². The molecule has 4 nitrogen and oxygen atoms in total. The van der Waals surface area contributed by atoms with Crippen molar-refractivity contribution in [1.29, 1.82) is 0 Å². The second-order valence-electron chi connectivity index (χ2n) is 12.3. The Bertz CT molecular complexity index is 3120. The van der Waals surface area contributed by atoms with Crippen LogP contribution in [-0.4, -0.2) is 19.5 Å². The topological polar surface area (TPSA) is 43.6 Å². The average Bonchev–Trinajstić information content (AvgIpc) is 3.72. The van der Waals surface area contributed by atoms with E-state index in [2.05, 4.69) is 143 Å². The van der Waals surface area contributed by atoms with Gasteiger partial charge in [0.25, 0.3) is 0 Å². The van der Waals surface area contributed by atoms with Gasteiger partial charge in [-0.25, -0.2) is 9.97 Å². The van der Waals surface area contributed by atoms with Gasteiger partial charge in [0.15, 0.2) is 5.82 Å². The highest BCUT2D eigenvalue weighted by atomic mass is 32.1. The van der Waals surface area contributed by atoms with E-state index in [9.17, 15) is 0 Å². The van der Waals surface area contributed by atoms with Crippen molar-refractivity contribution in [2.75, 3.05) is 0 Å². The first kappa shape index (κ1) is 26.0. The summed E-state index contributed by atoms with van der Waals surface area (Å²) in [6.45, 7) is 0. The van der Waals surface area contributed by atoms with E-state index in [1.807, 2.05) is 23.7 Å². The molecule has 0 aliphatic heterocycles. The summed E-state index contributed by atoms with van der Waals surface area (Å²) < 4.78 is 4.92. The van der Waals surface area contributed by atoms with Gasteiger partial charge in [0, 0.05) is 55.0 Å². The minimum absolute atomic E-state index is 0.814. The predicted molar refractivity (Wildman–Crippen MR) is 203 cm³/mol. The molecule has 0 atom stereocenters. The van der Waals surface area contributed by atoms with Crippen LogP contribution >= 0.6 is 11.3 Å². The van der Waals surface area contributed by atoms with Crippen LogP contribution in [0.4, 0.5) is 0 Å². The highest BCUT2D eigenvalue weighted by Gasteiger charge is 2.25. The Labute approximate surface area is 278 Å². The van der Waals surface area contributed by atoms with E-state index in [-0.39, 0.29) is 0 Å². The molecule has 0 saturated carbocycles. The molecule has 0 aliphatic rings. The summed E-state index contributed by atoms with van der Waals surface area (Å²) >= 11 is 1.86. The normalized spacial score (nSPS) is 12.2. The number of aromatic nitrogens is 4. The number of pyridine rings is 1. The lowest BCUT2D eigenvalue weighted by atomic mass is 9.99. The lowest BCUT2D eigenvalue weighted by Gasteiger charge is -2.16. The van der Waals surface area contributed by atoms with Crippen molar-refractivity contribution < 1.29 is 0 Å². The van der Waals surface area contributed by atoms with Gasteiger partial charge in [0.1, 0.15) is 11.2 Å². The molecule has 0 bridgehead atoms. The fourth-order valence-corrected chi connectivity index (χ4v) is 9.10. The molecule has 222 valence electrons. The van der Waals surface area contributed by atoms with E-state index in [0.717, 1.165) is 55.2 Å². The Morgan fingerprint density at radius 1 is 0.479 bits per heavy atom. The van der Waals surface area contributed by atoms with Crippen LogP contribution in [0.25, 0.3) is 102 Å². The number of hydrogen-bond donors (Lipinski definition) is 0.